The first kappa shape index (κ1) is 12.9. The Hall–Kier alpha value is -1.56. The highest BCUT2D eigenvalue weighted by Gasteiger charge is 2.29. The molecule has 0 aromatic heterocycles. The first-order valence-corrected chi connectivity index (χ1v) is 7.36. The van der Waals surface area contributed by atoms with Gasteiger partial charge in [-0.05, 0) is 18.6 Å². The van der Waals surface area contributed by atoms with Crippen LogP contribution in [-0.4, -0.2) is 37.1 Å². The Morgan fingerprint density at radius 1 is 1.50 bits per heavy atom. The van der Waals surface area contributed by atoms with E-state index in [1.165, 1.54) is 0 Å². The van der Waals surface area contributed by atoms with Gasteiger partial charge in [-0.2, -0.15) is 0 Å². The largest absolute Gasteiger partial charge is 0.489 e. The lowest BCUT2D eigenvalue weighted by atomic mass is 10.1. The maximum absolute atomic E-state index is 11.6. The molecular weight excluding hydrogens is 256 g/mol. The van der Waals surface area contributed by atoms with Gasteiger partial charge >= 0.3 is 5.97 Å². The highest BCUT2D eigenvalue weighted by molar-refractivity contribution is 7.92. The van der Waals surface area contributed by atoms with Crippen molar-refractivity contribution in [3.8, 4) is 5.75 Å². The van der Waals surface area contributed by atoms with E-state index >= 15 is 0 Å². The van der Waals surface area contributed by atoms with Gasteiger partial charge in [0, 0.05) is 6.42 Å². The quantitative estimate of drug-likeness (QED) is 0.875. The molecule has 1 unspecified atom stereocenters. The minimum Gasteiger partial charge on any atom is -0.489 e. The normalized spacial score (nSPS) is 18.2. The summed E-state index contributed by atoms with van der Waals surface area (Å²) in [6, 6.07) is 5.67. The molecule has 1 aliphatic heterocycles. The van der Waals surface area contributed by atoms with Crippen molar-refractivity contribution >= 4 is 15.8 Å². The molecule has 0 fully saturated rings. The fourth-order valence-electron chi connectivity index (χ4n) is 2.07. The van der Waals surface area contributed by atoms with E-state index in [1.807, 2.05) is 25.1 Å². The van der Waals surface area contributed by atoms with Gasteiger partial charge < -0.3 is 9.84 Å². The first-order chi connectivity index (χ1) is 8.35. The van der Waals surface area contributed by atoms with Gasteiger partial charge in [0.15, 0.2) is 9.84 Å². The number of rotatable bonds is 4. The average molecular weight is 270 g/mol. The predicted octanol–water partition coefficient (Wildman–Crippen LogP) is 0.798. The average Bonchev–Trinajstić information content (AvgIpc) is 2.55. The van der Waals surface area contributed by atoms with Crippen LogP contribution in [0.1, 0.15) is 11.1 Å². The number of carbonyl (C=O) groups is 1. The second-order valence-corrected chi connectivity index (χ2v) is 6.61. The Labute approximate surface area is 105 Å². The molecule has 18 heavy (non-hydrogen) atoms. The van der Waals surface area contributed by atoms with E-state index in [2.05, 4.69) is 0 Å². The molecule has 1 heterocycles. The highest BCUT2D eigenvalue weighted by Crippen LogP contribution is 2.29. The molecule has 0 radical (unpaired) electrons. The molecule has 1 aromatic rings. The molecule has 0 spiro atoms. The van der Waals surface area contributed by atoms with Gasteiger partial charge in [0.2, 0.25) is 0 Å². The number of hydrogen-bond donors (Lipinski definition) is 1. The topological polar surface area (TPSA) is 80.7 Å². The number of aliphatic carboxylic acids is 1. The van der Waals surface area contributed by atoms with E-state index in [9.17, 15) is 13.2 Å². The molecule has 2 rings (SSSR count). The zero-order chi connectivity index (χ0) is 13.3. The zero-order valence-corrected chi connectivity index (χ0v) is 10.7. The molecule has 0 amide bonds. The summed E-state index contributed by atoms with van der Waals surface area (Å²) in [5, 5.41) is 8.51. The molecule has 0 aliphatic carbocycles. The van der Waals surface area contributed by atoms with Gasteiger partial charge in [0.05, 0.1) is 5.75 Å². The Bertz CT molecular complexity index is 576. The van der Waals surface area contributed by atoms with E-state index in [1.54, 1.807) is 0 Å². The number of hydrogen-bond acceptors (Lipinski definition) is 4. The summed E-state index contributed by atoms with van der Waals surface area (Å²) in [5.41, 5.74) is 2.07. The van der Waals surface area contributed by atoms with E-state index < -0.39 is 27.7 Å². The highest BCUT2D eigenvalue weighted by atomic mass is 32.2. The molecule has 0 bridgehead atoms. The summed E-state index contributed by atoms with van der Waals surface area (Å²) >= 11 is 0. The van der Waals surface area contributed by atoms with E-state index in [4.69, 9.17) is 9.84 Å². The smallest absolute Gasteiger partial charge is 0.318 e. The zero-order valence-electron chi connectivity index (χ0n) is 9.92. The van der Waals surface area contributed by atoms with E-state index in [-0.39, 0.29) is 5.75 Å². The Balaban J connectivity index is 2.06. The Morgan fingerprint density at radius 2 is 2.22 bits per heavy atom. The minimum absolute atomic E-state index is 0.257. The maximum Gasteiger partial charge on any atom is 0.318 e. The van der Waals surface area contributed by atoms with Crippen molar-refractivity contribution in [1.82, 2.24) is 0 Å². The lowest BCUT2D eigenvalue weighted by Crippen LogP contribution is -2.29. The lowest BCUT2D eigenvalue weighted by Gasteiger charge is -2.09. The molecule has 0 saturated heterocycles. The van der Waals surface area contributed by atoms with Crippen molar-refractivity contribution in [3.63, 3.8) is 0 Å². The number of fused-ring (bicyclic) bond motifs is 1. The summed E-state index contributed by atoms with van der Waals surface area (Å²) in [5.74, 6) is -1.74. The number of ether oxygens (including phenoxy) is 1. The van der Waals surface area contributed by atoms with Crippen LogP contribution in [0.2, 0.25) is 0 Å². The molecule has 6 heteroatoms. The SMILES string of the molecule is Cc1ccc2c(c1)CC(CS(=O)(=O)CC(=O)O)O2. The second kappa shape index (κ2) is 4.61. The van der Waals surface area contributed by atoms with Gasteiger partial charge in [-0.1, -0.05) is 17.7 Å². The number of aryl methyl sites for hydroxylation is 1. The van der Waals surface area contributed by atoms with Crippen molar-refractivity contribution < 1.29 is 23.1 Å². The Morgan fingerprint density at radius 3 is 2.89 bits per heavy atom. The molecule has 98 valence electrons. The van der Waals surface area contributed by atoms with Crippen LogP contribution in [0.3, 0.4) is 0 Å². The van der Waals surface area contributed by atoms with Crippen LogP contribution in [-0.2, 0) is 21.1 Å². The van der Waals surface area contributed by atoms with Crippen LogP contribution < -0.4 is 4.74 Å². The van der Waals surface area contributed by atoms with Crippen LogP contribution in [0.25, 0.3) is 0 Å². The summed E-state index contributed by atoms with van der Waals surface area (Å²) in [6.45, 7) is 1.95. The van der Waals surface area contributed by atoms with Gasteiger partial charge in [-0.25, -0.2) is 8.42 Å². The summed E-state index contributed by atoms with van der Waals surface area (Å²) in [6.07, 6.45) is 0.0294. The van der Waals surface area contributed by atoms with Crippen molar-refractivity contribution in [2.75, 3.05) is 11.5 Å². The molecule has 1 aliphatic rings. The fraction of sp³-hybridized carbons (Fsp3) is 0.417. The summed E-state index contributed by atoms with van der Waals surface area (Å²) < 4.78 is 28.6. The van der Waals surface area contributed by atoms with E-state index in [0.717, 1.165) is 11.1 Å². The van der Waals surface area contributed by atoms with Crippen molar-refractivity contribution in [2.45, 2.75) is 19.4 Å². The predicted molar refractivity (Wildman–Crippen MR) is 65.6 cm³/mol. The standard InChI is InChI=1S/C12H14O5S/c1-8-2-3-11-9(4-8)5-10(17-11)6-18(15,16)7-12(13)14/h2-4,10H,5-7H2,1H3,(H,13,14). The van der Waals surface area contributed by atoms with Crippen LogP contribution in [0.4, 0.5) is 0 Å². The van der Waals surface area contributed by atoms with Gasteiger partial charge in [-0.15, -0.1) is 0 Å². The number of carboxylic acid groups (broad SMARTS) is 1. The van der Waals surface area contributed by atoms with Crippen LogP contribution >= 0.6 is 0 Å². The Kier molecular flexibility index (Phi) is 3.30. The third-order valence-corrected chi connectivity index (χ3v) is 4.31. The number of benzene rings is 1. The molecule has 0 saturated carbocycles. The fourth-order valence-corrected chi connectivity index (χ4v) is 3.32. The minimum atomic E-state index is -3.62. The van der Waals surface area contributed by atoms with Gasteiger partial charge in [-0.3, -0.25) is 4.79 Å². The van der Waals surface area contributed by atoms with Crippen LogP contribution in [0.5, 0.6) is 5.75 Å². The molecule has 1 aromatic carbocycles. The summed E-state index contributed by atoms with van der Waals surface area (Å²) in [4.78, 5) is 10.4. The first-order valence-electron chi connectivity index (χ1n) is 5.54. The molecule has 1 N–H and O–H groups in total. The summed E-state index contributed by atoms with van der Waals surface area (Å²) in [7, 11) is -3.62. The molecular formula is C12H14O5S. The number of carboxylic acids is 1. The lowest BCUT2D eigenvalue weighted by molar-refractivity contribution is -0.134. The molecule has 1 atom stereocenters. The molecule has 5 nitrogen and oxygen atoms in total. The van der Waals surface area contributed by atoms with Crippen LogP contribution in [0.15, 0.2) is 18.2 Å². The van der Waals surface area contributed by atoms with Crippen molar-refractivity contribution in [1.29, 1.82) is 0 Å². The maximum atomic E-state index is 11.6. The van der Waals surface area contributed by atoms with E-state index in [0.29, 0.717) is 12.2 Å². The van der Waals surface area contributed by atoms with Crippen molar-refractivity contribution in [2.24, 2.45) is 0 Å². The van der Waals surface area contributed by atoms with Crippen molar-refractivity contribution in [3.05, 3.63) is 29.3 Å². The third-order valence-electron chi connectivity index (χ3n) is 2.74. The monoisotopic (exact) mass is 270 g/mol. The van der Waals surface area contributed by atoms with Crippen LogP contribution in [0, 0.1) is 6.92 Å². The third kappa shape index (κ3) is 3.01. The van der Waals surface area contributed by atoms with Gasteiger partial charge in [0.25, 0.3) is 0 Å². The second-order valence-electron chi connectivity index (χ2n) is 4.50. The van der Waals surface area contributed by atoms with Gasteiger partial charge in [0.1, 0.15) is 17.6 Å². The number of sulfone groups is 1.